The summed E-state index contributed by atoms with van der Waals surface area (Å²) < 4.78 is 0. The highest BCUT2D eigenvalue weighted by atomic mass is 35.5. The van der Waals surface area contributed by atoms with Crippen molar-refractivity contribution in [2.75, 3.05) is 13.1 Å². The van der Waals surface area contributed by atoms with Crippen LogP contribution in [-0.2, 0) is 6.42 Å². The molecule has 3 nitrogen and oxygen atoms in total. The summed E-state index contributed by atoms with van der Waals surface area (Å²) in [5.74, 6) is 0.877. The molecule has 29 heavy (non-hydrogen) atoms. The van der Waals surface area contributed by atoms with Gasteiger partial charge in [0.05, 0.1) is 10.6 Å². The molecule has 1 aromatic rings. The predicted molar refractivity (Wildman–Crippen MR) is 125 cm³/mol. The molecule has 2 fully saturated rings. The fourth-order valence-corrected chi connectivity index (χ4v) is 5.32. The molecule has 1 amide bonds. The third-order valence-corrected chi connectivity index (χ3v) is 7.34. The third kappa shape index (κ3) is 6.72. The normalized spacial score (nSPS) is 24.4. The molecule has 2 aliphatic carbocycles. The van der Waals surface area contributed by atoms with E-state index in [1.54, 1.807) is 0 Å². The average molecular weight is 421 g/mol. The minimum atomic E-state index is -0.00773. The molecule has 164 valence electrons. The van der Waals surface area contributed by atoms with Crippen LogP contribution in [0.15, 0.2) is 18.2 Å². The number of amides is 1. The van der Waals surface area contributed by atoms with Crippen molar-refractivity contribution in [1.82, 2.24) is 10.6 Å². The van der Waals surface area contributed by atoms with Gasteiger partial charge in [0.2, 0.25) is 0 Å². The number of carbonyl (C=O) groups is 1. The Kier molecular flexibility index (Phi) is 9.49. The zero-order valence-electron chi connectivity index (χ0n) is 17.7. The SMILES string of the molecule is C.CCC(C)NCCCc1ccc(Cl)c(C(=O)NCC23CCCC(CCC2)C3)c1. The van der Waals surface area contributed by atoms with Gasteiger partial charge in [-0.15, -0.1) is 0 Å². The molecule has 2 aliphatic rings. The Bertz CT molecular complexity index is 650. The summed E-state index contributed by atoms with van der Waals surface area (Å²) in [6.07, 6.45) is 12.4. The van der Waals surface area contributed by atoms with Crippen molar-refractivity contribution >= 4 is 17.5 Å². The highest BCUT2D eigenvalue weighted by Gasteiger charge is 2.39. The molecule has 0 aromatic heterocycles. The van der Waals surface area contributed by atoms with Gasteiger partial charge in [0, 0.05) is 12.6 Å². The second kappa shape index (κ2) is 11.4. The standard InChI is InChI=1S/C24H37ClN2O.CH4/c1-3-18(2)26-14-6-9-19-10-11-22(25)21(15-19)23(28)27-17-24-12-4-7-20(16-24)8-5-13-24;/h10-11,15,18,20,26H,3-9,12-14,16-17H2,1-2H3,(H,27,28);1H4. The number of halogens is 1. The number of aryl methyl sites for hydroxylation is 1. The number of fused-ring (bicyclic) bond motifs is 2. The first-order chi connectivity index (χ1) is 13.5. The molecule has 3 rings (SSSR count). The first-order valence-electron chi connectivity index (χ1n) is 11.3. The van der Waals surface area contributed by atoms with Crippen molar-refractivity contribution in [3.63, 3.8) is 0 Å². The Morgan fingerprint density at radius 1 is 1.28 bits per heavy atom. The molecular formula is C25H41ClN2O. The van der Waals surface area contributed by atoms with Gasteiger partial charge < -0.3 is 10.6 Å². The zero-order valence-corrected chi connectivity index (χ0v) is 18.4. The predicted octanol–water partition coefficient (Wildman–Crippen LogP) is 6.39. The maximum Gasteiger partial charge on any atom is 0.252 e. The molecule has 1 unspecified atom stereocenters. The highest BCUT2D eigenvalue weighted by molar-refractivity contribution is 6.33. The van der Waals surface area contributed by atoms with E-state index in [0.29, 0.717) is 22.0 Å². The third-order valence-electron chi connectivity index (χ3n) is 7.01. The Morgan fingerprint density at radius 2 is 2.00 bits per heavy atom. The summed E-state index contributed by atoms with van der Waals surface area (Å²) in [6, 6.07) is 6.48. The van der Waals surface area contributed by atoms with E-state index in [1.165, 1.54) is 50.5 Å². The minimum absolute atomic E-state index is 0. The Balaban J connectivity index is 0.00000300. The second-order valence-corrected chi connectivity index (χ2v) is 9.63. The molecule has 2 bridgehead atoms. The van der Waals surface area contributed by atoms with Crippen LogP contribution >= 0.6 is 11.6 Å². The van der Waals surface area contributed by atoms with Crippen LogP contribution in [0.5, 0.6) is 0 Å². The van der Waals surface area contributed by atoms with Gasteiger partial charge >= 0.3 is 0 Å². The molecule has 0 radical (unpaired) electrons. The van der Waals surface area contributed by atoms with Gasteiger partial charge in [-0.05, 0) is 81.0 Å². The van der Waals surface area contributed by atoms with Gasteiger partial charge in [0.15, 0.2) is 0 Å². The van der Waals surface area contributed by atoms with E-state index in [-0.39, 0.29) is 13.3 Å². The van der Waals surface area contributed by atoms with E-state index in [9.17, 15) is 4.79 Å². The zero-order chi connectivity index (χ0) is 20.0. The molecule has 4 heteroatoms. The summed E-state index contributed by atoms with van der Waals surface area (Å²) >= 11 is 6.36. The first-order valence-corrected chi connectivity index (χ1v) is 11.7. The van der Waals surface area contributed by atoms with E-state index >= 15 is 0 Å². The van der Waals surface area contributed by atoms with Crippen molar-refractivity contribution in [2.45, 2.75) is 91.5 Å². The number of hydrogen-bond acceptors (Lipinski definition) is 2. The molecular weight excluding hydrogens is 380 g/mol. The quantitative estimate of drug-likeness (QED) is 0.454. The van der Waals surface area contributed by atoms with Crippen LogP contribution in [0.1, 0.15) is 95.0 Å². The van der Waals surface area contributed by atoms with Crippen LogP contribution in [0.2, 0.25) is 5.02 Å². The maximum atomic E-state index is 12.9. The molecule has 2 N–H and O–H groups in total. The maximum absolute atomic E-state index is 12.9. The van der Waals surface area contributed by atoms with Crippen LogP contribution in [0, 0.1) is 11.3 Å². The smallest absolute Gasteiger partial charge is 0.252 e. The first kappa shape index (κ1) is 24.2. The van der Waals surface area contributed by atoms with Crippen molar-refractivity contribution in [3.8, 4) is 0 Å². The minimum Gasteiger partial charge on any atom is -0.351 e. The largest absolute Gasteiger partial charge is 0.351 e. The van der Waals surface area contributed by atoms with Crippen LogP contribution in [0.25, 0.3) is 0 Å². The van der Waals surface area contributed by atoms with Gasteiger partial charge in [-0.25, -0.2) is 0 Å². The molecule has 1 atom stereocenters. The number of rotatable bonds is 9. The molecule has 0 aliphatic heterocycles. The molecule has 1 aromatic carbocycles. The number of carbonyl (C=O) groups excluding carboxylic acids is 1. The average Bonchev–Trinajstić information content (AvgIpc) is 2.70. The lowest BCUT2D eigenvalue weighted by molar-refractivity contribution is 0.0682. The van der Waals surface area contributed by atoms with Crippen LogP contribution in [0.3, 0.4) is 0 Å². The topological polar surface area (TPSA) is 41.1 Å². The Morgan fingerprint density at radius 3 is 2.69 bits per heavy atom. The molecule has 2 saturated carbocycles. The van der Waals surface area contributed by atoms with Crippen LogP contribution in [-0.4, -0.2) is 25.0 Å². The monoisotopic (exact) mass is 420 g/mol. The molecule has 0 saturated heterocycles. The Hall–Kier alpha value is -1.06. The van der Waals surface area contributed by atoms with Gasteiger partial charge in [0.1, 0.15) is 0 Å². The number of hydrogen-bond donors (Lipinski definition) is 2. The lowest BCUT2D eigenvalue weighted by atomic mass is 9.62. The fourth-order valence-electron chi connectivity index (χ4n) is 5.12. The van der Waals surface area contributed by atoms with Crippen molar-refractivity contribution in [1.29, 1.82) is 0 Å². The molecule has 0 spiro atoms. The summed E-state index contributed by atoms with van der Waals surface area (Å²) in [5.41, 5.74) is 2.16. The number of nitrogens with one attached hydrogen (secondary N) is 2. The van der Waals surface area contributed by atoms with Gasteiger partial charge in [-0.1, -0.05) is 57.7 Å². The van der Waals surface area contributed by atoms with Gasteiger partial charge in [-0.2, -0.15) is 0 Å². The van der Waals surface area contributed by atoms with E-state index in [1.807, 2.05) is 18.2 Å². The number of benzene rings is 1. The second-order valence-electron chi connectivity index (χ2n) is 9.22. The fraction of sp³-hybridized carbons (Fsp3) is 0.720. The summed E-state index contributed by atoms with van der Waals surface area (Å²) in [6.45, 7) is 6.22. The van der Waals surface area contributed by atoms with Crippen molar-refractivity contribution in [2.24, 2.45) is 11.3 Å². The molecule has 0 heterocycles. The lowest BCUT2D eigenvalue weighted by Gasteiger charge is -2.45. The van der Waals surface area contributed by atoms with Gasteiger partial charge in [0.25, 0.3) is 5.91 Å². The summed E-state index contributed by atoms with van der Waals surface area (Å²) in [5, 5.41) is 7.32. The highest BCUT2D eigenvalue weighted by Crippen LogP contribution is 2.48. The van der Waals surface area contributed by atoms with Crippen LogP contribution < -0.4 is 10.6 Å². The van der Waals surface area contributed by atoms with E-state index < -0.39 is 0 Å². The van der Waals surface area contributed by atoms with Crippen molar-refractivity contribution < 1.29 is 4.79 Å². The van der Waals surface area contributed by atoms with Gasteiger partial charge in [-0.3, -0.25) is 4.79 Å². The summed E-state index contributed by atoms with van der Waals surface area (Å²) in [4.78, 5) is 12.9. The van der Waals surface area contributed by atoms with E-state index in [4.69, 9.17) is 11.6 Å². The van der Waals surface area contributed by atoms with E-state index in [2.05, 4.69) is 24.5 Å². The van der Waals surface area contributed by atoms with E-state index in [0.717, 1.165) is 38.3 Å². The lowest BCUT2D eigenvalue weighted by Crippen LogP contribution is -2.43. The van der Waals surface area contributed by atoms with Crippen molar-refractivity contribution in [3.05, 3.63) is 34.3 Å². The van der Waals surface area contributed by atoms with Crippen LogP contribution in [0.4, 0.5) is 0 Å². The Labute approximate surface area is 183 Å². The summed E-state index contributed by atoms with van der Waals surface area (Å²) in [7, 11) is 0.